The van der Waals surface area contributed by atoms with Gasteiger partial charge >= 0.3 is 5.97 Å². The van der Waals surface area contributed by atoms with Gasteiger partial charge in [0.25, 0.3) is 0 Å². The normalized spacial score (nSPS) is 26.4. The second-order valence-electron chi connectivity index (χ2n) is 6.47. The molecule has 1 saturated heterocycles. The van der Waals surface area contributed by atoms with Crippen LogP contribution in [0, 0.1) is 5.92 Å². The van der Waals surface area contributed by atoms with E-state index in [1.54, 1.807) is 0 Å². The number of nitrogens with two attached hydrogens (primary N) is 1. The van der Waals surface area contributed by atoms with Gasteiger partial charge in [-0.1, -0.05) is 37.2 Å². The zero-order valence-electron chi connectivity index (χ0n) is 13.6. The first-order valence-corrected chi connectivity index (χ1v) is 8.25. The van der Waals surface area contributed by atoms with Crippen LogP contribution < -0.4 is 5.73 Å². The second-order valence-corrected chi connectivity index (χ2v) is 6.47. The average molecular weight is 323 g/mol. The van der Waals surface area contributed by atoms with E-state index in [0.29, 0.717) is 18.8 Å². The third-order valence-corrected chi connectivity index (χ3v) is 4.88. The summed E-state index contributed by atoms with van der Waals surface area (Å²) >= 11 is 0. The summed E-state index contributed by atoms with van der Waals surface area (Å²) in [7, 11) is 1.29. The predicted octanol–water partition coefficient (Wildman–Crippen LogP) is 1.74. The van der Waals surface area contributed by atoms with Crippen molar-refractivity contribution >= 4 is 11.9 Å². The number of esters is 1. The molecule has 2 rings (SSSR count). The molecule has 2 aliphatic rings. The number of methoxy groups -OCH3 is 1. The van der Waals surface area contributed by atoms with Crippen LogP contribution in [0.5, 0.6) is 0 Å². The zero-order chi connectivity index (χ0) is 16.8. The van der Waals surface area contributed by atoms with Crippen LogP contribution in [0.1, 0.15) is 44.9 Å². The first kappa shape index (κ1) is 17.6. The monoisotopic (exact) mass is 323 g/mol. The Kier molecular flexibility index (Phi) is 6.24. The van der Waals surface area contributed by atoms with E-state index in [4.69, 9.17) is 16.0 Å². The Bertz CT molecular complexity index is 486. The molecule has 1 aliphatic carbocycles. The standard InChI is InChI=1S/C15H25N5O3/c1-23-15(22)13-8-11(18-19-17)9-20(13)14(21)12(16)7-10-5-3-2-4-6-10/h10-13H,2-9,16H2,1H3/t11-,12?,13+/m1/s1. The van der Waals surface area contributed by atoms with Crippen LogP contribution in [0.2, 0.25) is 0 Å². The van der Waals surface area contributed by atoms with Crippen molar-refractivity contribution in [3.63, 3.8) is 0 Å². The highest BCUT2D eigenvalue weighted by Crippen LogP contribution is 2.28. The molecule has 23 heavy (non-hydrogen) atoms. The lowest BCUT2D eigenvalue weighted by Crippen LogP contribution is -2.49. The highest BCUT2D eigenvalue weighted by molar-refractivity contribution is 5.88. The summed E-state index contributed by atoms with van der Waals surface area (Å²) in [5, 5.41) is 3.64. The summed E-state index contributed by atoms with van der Waals surface area (Å²) in [6.07, 6.45) is 6.81. The van der Waals surface area contributed by atoms with Crippen molar-refractivity contribution in [2.75, 3.05) is 13.7 Å². The number of carbonyl (C=O) groups excluding carboxylic acids is 2. The first-order chi connectivity index (χ1) is 11.1. The Morgan fingerprint density at radius 1 is 1.39 bits per heavy atom. The molecule has 8 nitrogen and oxygen atoms in total. The second kappa shape index (κ2) is 8.17. The Labute approximate surface area is 136 Å². The molecular formula is C15H25N5O3. The molecule has 1 unspecified atom stereocenters. The first-order valence-electron chi connectivity index (χ1n) is 8.25. The molecule has 3 atom stereocenters. The van der Waals surface area contributed by atoms with Crippen LogP contribution in [-0.2, 0) is 14.3 Å². The van der Waals surface area contributed by atoms with Crippen molar-refractivity contribution in [3.05, 3.63) is 10.4 Å². The van der Waals surface area contributed by atoms with Gasteiger partial charge in [0.05, 0.1) is 19.2 Å². The predicted molar refractivity (Wildman–Crippen MR) is 84.2 cm³/mol. The minimum Gasteiger partial charge on any atom is -0.467 e. The smallest absolute Gasteiger partial charge is 0.328 e. The van der Waals surface area contributed by atoms with Gasteiger partial charge in [-0.2, -0.15) is 0 Å². The molecule has 1 heterocycles. The molecule has 128 valence electrons. The van der Waals surface area contributed by atoms with Crippen LogP contribution in [0.4, 0.5) is 0 Å². The lowest BCUT2D eigenvalue weighted by Gasteiger charge is -2.29. The molecule has 8 heteroatoms. The van der Waals surface area contributed by atoms with Gasteiger partial charge in [0.2, 0.25) is 5.91 Å². The maximum atomic E-state index is 12.7. The number of ether oxygens (including phenoxy) is 1. The van der Waals surface area contributed by atoms with Crippen LogP contribution in [-0.4, -0.2) is 48.6 Å². The topological polar surface area (TPSA) is 121 Å². The van der Waals surface area contributed by atoms with Crippen molar-refractivity contribution in [3.8, 4) is 0 Å². The van der Waals surface area contributed by atoms with E-state index in [2.05, 4.69) is 10.0 Å². The largest absolute Gasteiger partial charge is 0.467 e. The Morgan fingerprint density at radius 3 is 2.70 bits per heavy atom. The molecule has 0 aromatic heterocycles. The molecule has 2 fully saturated rings. The summed E-state index contributed by atoms with van der Waals surface area (Å²) < 4.78 is 4.76. The minimum absolute atomic E-state index is 0.223. The van der Waals surface area contributed by atoms with Crippen LogP contribution in [0.3, 0.4) is 0 Å². The Morgan fingerprint density at radius 2 is 2.09 bits per heavy atom. The van der Waals surface area contributed by atoms with Gasteiger partial charge in [0, 0.05) is 11.5 Å². The van der Waals surface area contributed by atoms with Crippen LogP contribution >= 0.6 is 0 Å². The van der Waals surface area contributed by atoms with Crippen LogP contribution in [0.15, 0.2) is 5.11 Å². The third-order valence-electron chi connectivity index (χ3n) is 4.88. The lowest BCUT2D eigenvalue weighted by atomic mass is 9.84. The van der Waals surface area contributed by atoms with E-state index < -0.39 is 24.1 Å². The number of carbonyl (C=O) groups is 2. The summed E-state index contributed by atoms with van der Waals surface area (Å²) in [4.78, 5) is 28.8. The van der Waals surface area contributed by atoms with E-state index >= 15 is 0 Å². The lowest BCUT2D eigenvalue weighted by molar-refractivity contribution is -0.151. The Balaban J connectivity index is 2.01. The van der Waals surface area contributed by atoms with E-state index in [-0.39, 0.29) is 12.5 Å². The number of nitrogens with zero attached hydrogens (tertiary/aromatic N) is 4. The van der Waals surface area contributed by atoms with Crippen molar-refractivity contribution in [1.29, 1.82) is 0 Å². The quantitative estimate of drug-likeness (QED) is 0.358. The molecule has 0 bridgehead atoms. The van der Waals surface area contributed by atoms with Crippen molar-refractivity contribution in [2.24, 2.45) is 16.8 Å². The van der Waals surface area contributed by atoms with Crippen molar-refractivity contribution in [1.82, 2.24) is 4.90 Å². The summed E-state index contributed by atoms with van der Waals surface area (Å²) in [5.41, 5.74) is 14.7. The molecule has 1 aliphatic heterocycles. The van der Waals surface area contributed by atoms with E-state index in [0.717, 1.165) is 12.8 Å². The van der Waals surface area contributed by atoms with E-state index in [1.165, 1.54) is 31.3 Å². The number of amides is 1. The van der Waals surface area contributed by atoms with Gasteiger partial charge in [-0.15, -0.1) is 0 Å². The third kappa shape index (κ3) is 4.36. The highest BCUT2D eigenvalue weighted by atomic mass is 16.5. The number of likely N-dealkylation sites (tertiary alicyclic amines) is 1. The summed E-state index contributed by atoms with van der Waals surface area (Å²) in [5.74, 6) is -0.254. The Hall–Kier alpha value is -1.79. The van der Waals surface area contributed by atoms with Gasteiger partial charge < -0.3 is 15.4 Å². The summed E-state index contributed by atoms with van der Waals surface area (Å²) in [6.45, 7) is 0.223. The van der Waals surface area contributed by atoms with Gasteiger partial charge in [-0.05, 0) is 24.3 Å². The van der Waals surface area contributed by atoms with Gasteiger partial charge in [-0.3, -0.25) is 4.79 Å². The molecular weight excluding hydrogens is 298 g/mol. The minimum atomic E-state index is -0.708. The fourth-order valence-corrected chi connectivity index (χ4v) is 3.67. The fraction of sp³-hybridized carbons (Fsp3) is 0.867. The van der Waals surface area contributed by atoms with Crippen LogP contribution in [0.25, 0.3) is 10.4 Å². The molecule has 1 saturated carbocycles. The zero-order valence-corrected chi connectivity index (χ0v) is 13.6. The maximum absolute atomic E-state index is 12.7. The van der Waals surface area contributed by atoms with E-state index in [9.17, 15) is 9.59 Å². The van der Waals surface area contributed by atoms with Crippen molar-refractivity contribution in [2.45, 2.75) is 63.1 Å². The molecule has 0 spiro atoms. The van der Waals surface area contributed by atoms with Gasteiger partial charge in [0.1, 0.15) is 6.04 Å². The molecule has 0 radical (unpaired) electrons. The van der Waals surface area contributed by atoms with Crippen molar-refractivity contribution < 1.29 is 14.3 Å². The number of hydrogen-bond acceptors (Lipinski definition) is 5. The molecule has 0 aromatic carbocycles. The number of rotatable bonds is 5. The van der Waals surface area contributed by atoms with Gasteiger partial charge in [-0.25, -0.2) is 4.79 Å². The molecule has 1 amide bonds. The van der Waals surface area contributed by atoms with Gasteiger partial charge in [0.15, 0.2) is 0 Å². The van der Waals surface area contributed by atoms with E-state index in [1.807, 2.05) is 0 Å². The average Bonchev–Trinajstić information content (AvgIpc) is 2.98. The highest BCUT2D eigenvalue weighted by Gasteiger charge is 2.41. The fourth-order valence-electron chi connectivity index (χ4n) is 3.67. The molecule has 0 aromatic rings. The summed E-state index contributed by atoms with van der Waals surface area (Å²) in [6, 6.07) is -1.73. The molecule has 2 N–H and O–H groups in total. The number of hydrogen-bond donors (Lipinski definition) is 1. The maximum Gasteiger partial charge on any atom is 0.328 e. The number of azide groups is 1. The SMILES string of the molecule is COC(=O)[C@@H]1C[C@@H](N=[N+]=[N-])CN1C(=O)C(N)CC1CCCCC1.